The van der Waals surface area contributed by atoms with Gasteiger partial charge in [0.25, 0.3) is 0 Å². The molecule has 0 spiro atoms. The van der Waals surface area contributed by atoms with Crippen LogP contribution in [0, 0.1) is 0 Å². The Kier molecular flexibility index (Phi) is 5.87. The molecule has 0 aliphatic heterocycles. The van der Waals surface area contributed by atoms with Gasteiger partial charge in [-0.3, -0.25) is 0 Å². The highest BCUT2D eigenvalue weighted by Crippen LogP contribution is 2.43. The van der Waals surface area contributed by atoms with E-state index in [-0.39, 0.29) is 0 Å². The molecule has 0 saturated carbocycles. The van der Waals surface area contributed by atoms with Gasteiger partial charge in [-0.25, -0.2) is 0 Å². The van der Waals surface area contributed by atoms with E-state index in [0.717, 1.165) is 0 Å². The van der Waals surface area contributed by atoms with Crippen LogP contribution in [0.15, 0.2) is 127 Å². The fourth-order valence-electron chi connectivity index (χ4n) is 5.42. The van der Waals surface area contributed by atoms with Crippen LogP contribution in [0.1, 0.15) is 31.7 Å². The molecule has 0 fully saturated rings. The van der Waals surface area contributed by atoms with Crippen LogP contribution in [0.25, 0.3) is 54.9 Å². The van der Waals surface area contributed by atoms with Crippen molar-refractivity contribution in [3.8, 4) is 33.4 Å². The zero-order valence-corrected chi connectivity index (χ0v) is 20.9. The first-order valence-electron chi connectivity index (χ1n) is 12.9. The number of rotatable bonds is 5. The molecule has 36 heavy (non-hydrogen) atoms. The van der Waals surface area contributed by atoms with Gasteiger partial charge in [0.05, 0.1) is 0 Å². The van der Waals surface area contributed by atoms with Crippen molar-refractivity contribution < 1.29 is 0 Å². The van der Waals surface area contributed by atoms with E-state index in [1.165, 1.54) is 66.9 Å². The minimum Gasteiger partial charge on any atom is -0.0648 e. The minimum absolute atomic E-state index is 0.599. The normalized spacial score (nSPS) is 12.2. The zero-order chi connectivity index (χ0) is 24.5. The third-order valence-electron chi connectivity index (χ3n) is 7.59. The number of benzene rings is 6. The average Bonchev–Trinajstić information content (AvgIpc) is 2.96. The summed E-state index contributed by atoms with van der Waals surface area (Å²) >= 11 is 0. The molecule has 6 aromatic rings. The van der Waals surface area contributed by atoms with Crippen molar-refractivity contribution in [3.05, 3.63) is 133 Å². The maximum Gasteiger partial charge on any atom is -0.00264 e. The molecule has 0 aliphatic carbocycles. The minimum atomic E-state index is 0.599. The van der Waals surface area contributed by atoms with E-state index < -0.39 is 0 Å². The molecule has 0 heteroatoms. The van der Waals surface area contributed by atoms with Crippen LogP contribution < -0.4 is 0 Å². The Hall–Kier alpha value is -4.16. The van der Waals surface area contributed by atoms with Crippen molar-refractivity contribution in [2.24, 2.45) is 0 Å². The third-order valence-corrected chi connectivity index (χ3v) is 7.59. The van der Waals surface area contributed by atoms with E-state index in [9.17, 15) is 0 Å². The van der Waals surface area contributed by atoms with E-state index in [1.807, 2.05) is 0 Å². The average molecular weight is 463 g/mol. The Morgan fingerprint density at radius 3 is 1.22 bits per heavy atom. The molecule has 0 aliphatic rings. The Morgan fingerprint density at radius 2 is 0.778 bits per heavy atom. The van der Waals surface area contributed by atoms with Gasteiger partial charge in [0.15, 0.2) is 0 Å². The van der Waals surface area contributed by atoms with Crippen molar-refractivity contribution in [3.63, 3.8) is 0 Å². The first kappa shape index (κ1) is 22.3. The maximum atomic E-state index is 2.29. The summed E-state index contributed by atoms with van der Waals surface area (Å²) in [7, 11) is 0. The van der Waals surface area contributed by atoms with Crippen molar-refractivity contribution in [2.75, 3.05) is 0 Å². The van der Waals surface area contributed by atoms with E-state index in [1.54, 1.807) is 0 Å². The molecule has 1 unspecified atom stereocenters. The topological polar surface area (TPSA) is 0 Å². The highest BCUT2D eigenvalue weighted by atomic mass is 14.2. The Labute approximate surface area is 213 Å². The fourth-order valence-corrected chi connectivity index (χ4v) is 5.42. The molecule has 0 amide bonds. The summed E-state index contributed by atoms with van der Waals surface area (Å²) in [5.41, 5.74) is 9.05. The lowest BCUT2D eigenvalue weighted by Gasteiger charge is -2.18. The highest BCUT2D eigenvalue weighted by Gasteiger charge is 2.16. The maximum absolute atomic E-state index is 2.29. The van der Waals surface area contributed by atoms with E-state index in [2.05, 4.69) is 141 Å². The van der Waals surface area contributed by atoms with Crippen LogP contribution in [0.5, 0.6) is 0 Å². The summed E-state index contributed by atoms with van der Waals surface area (Å²) in [4.78, 5) is 0. The zero-order valence-electron chi connectivity index (χ0n) is 20.9. The monoisotopic (exact) mass is 462 g/mol. The highest BCUT2D eigenvalue weighted by molar-refractivity contribution is 6.21. The first-order chi connectivity index (χ1) is 17.7. The summed E-state index contributed by atoms with van der Waals surface area (Å²) in [6, 6.07) is 46.6. The Balaban J connectivity index is 1.51. The second-order valence-corrected chi connectivity index (χ2v) is 9.72. The van der Waals surface area contributed by atoms with Crippen LogP contribution in [0.4, 0.5) is 0 Å². The van der Waals surface area contributed by atoms with Gasteiger partial charge in [0.1, 0.15) is 0 Å². The third kappa shape index (κ3) is 3.89. The summed E-state index contributed by atoms with van der Waals surface area (Å²) in [5.74, 6) is 0.599. The van der Waals surface area contributed by atoms with Crippen molar-refractivity contribution in [2.45, 2.75) is 26.2 Å². The van der Waals surface area contributed by atoms with Gasteiger partial charge in [-0.15, -0.1) is 0 Å². The molecule has 0 N–H and O–H groups in total. The van der Waals surface area contributed by atoms with Gasteiger partial charge in [-0.1, -0.05) is 141 Å². The standard InChI is InChI=1S/C36H30/c1-3-25(2)26-17-19-27(20-18-26)28-21-23-30(24-22-28)36-33-15-9-7-13-31(33)35(29-11-5-4-6-12-29)32-14-8-10-16-34(32)36/h4-25H,3H2,1-2H3. The lowest BCUT2D eigenvalue weighted by atomic mass is 9.85. The smallest absolute Gasteiger partial charge is 0.00264 e. The van der Waals surface area contributed by atoms with Crippen LogP contribution in [-0.4, -0.2) is 0 Å². The molecule has 1 atom stereocenters. The molecule has 0 nitrogen and oxygen atoms in total. The van der Waals surface area contributed by atoms with E-state index in [4.69, 9.17) is 0 Å². The summed E-state index contributed by atoms with van der Waals surface area (Å²) in [6.07, 6.45) is 1.17. The predicted molar refractivity (Wildman–Crippen MR) is 156 cm³/mol. The predicted octanol–water partition coefficient (Wildman–Crippen LogP) is 10.5. The van der Waals surface area contributed by atoms with Gasteiger partial charge >= 0.3 is 0 Å². The van der Waals surface area contributed by atoms with Gasteiger partial charge in [0.2, 0.25) is 0 Å². The van der Waals surface area contributed by atoms with Crippen LogP contribution in [0.3, 0.4) is 0 Å². The second kappa shape index (κ2) is 9.47. The molecule has 0 bridgehead atoms. The molecule has 6 rings (SSSR count). The lowest BCUT2D eigenvalue weighted by Crippen LogP contribution is -1.91. The van der Waals surface area contributed by atoms with Gasteiger partial charge in [-0.2, -0.15) is 0 Å². The van der Waals surface area contributed by atoms with Gasteiger partial charge in [0, 0.05) is 0 Å². The SMILES string of the molecule is CCC(C)c1ccc(-c2ccc(-c3c4ccccc4c(-c4ccccc4)c4ccccc34)cc2)cc1. The van der Waals surface area contributed by atoms with Crippen LogP contribution in [0.2, 0.25) is 0 Å². The summed E-state index contributed by atoms with van der Waals surface area (Å²) < 4.78 is 0. The second-order valence-electron chi connectivity index (χ2n) is 9.72. The summed E-state index contributed by atoms with van der Waals surface area (Å²) in [5, 5.41) is 5.17. The molecule has 0 heterocycles. The molecule has 0 saturated heterocycles. The molecule has 174 valence electrons. The Bertz CT molecular complexity index is 1580. The van der Waals surface area contributed by atoms with Gasteiger partial charge < -0.3 is 0 Å². The Morgan fingerprint density at radius 1 is 0.417 bits per heavy atom. The number of fused-ring (bicyclic) bond motifs is 2. The quantitative estimate of drug-likeness (QED) is 0.223. The number of hydrogen-bond acceptors (Lipinski definition) is 0. The number of hydrogen-bond donors (Lipinski definition) is 0. The van der Waals surface area contributed by atoms with Crippen molar-refractivity contribution in [1.29, 1.82) is 0 Å². The van der Waals surface area contributed by atoms with Crippen LogP contribution in [-0.2, 0) is 0 Å². The summed E-state index contributed by atoms with van der Waals surface area (Å²) in [6.45, 7) is 4.54. The molecule has 6 aromatic carbocycles. The van der Waals surface area contributed by atoms with E-state index in [0.29, 0.717) is 5.92 Å². The van der Waals surface area contributed by atoms with Gasteiger partial charge in [-0.05, 0) is 72.8 Å². The molecular formula is C36H30. The van der Waals surface area contributed by atoms with Crippen molar-refractivity contribution >= 4 is 21.5 Å². The lowest BCUT2D eigenvalue weighted by molar-refractivity contribution is 0.734. The molecule has 0 radical (unpaired) electrons. The largest absolute Gasteiger partial charge is 0.0648 e. The molecule has 0 aromatic heterocycles. The van der Waals surface area contributed by atoms with Crippen molar-refractivity contribution in [1.82, 2.24) is 0 Å². The van der Waals surface area contributed by atoms with Crippen LogP contribution >= 0.6 is 0 Å². The van der Waals surface area contributed by atoms with E-state index >= 15 is 0 Å². The fraction of sp³-hybridized carbons (Fsp3) is 0.111. The molecular weight excluding hydrogens is 432 g/mol. The first-order valence-corrected chi connectivity index (χ1v) is 12.9.